The Kier molecular flexibility index (Phi) is 6.01. The molecule has 1 amide bonds. The summed E-state index contributed by atoms with van der Waals surface area (Å²) in [4.78, 5) is 25.7. The van der Waals surface area contributed by atoms with Gasteiger partial charge in [0.15, 0.2) is 0 Å². The fourth-order valence-electron chi connectivity index (χ4n) is 3.68. The van der Waals surface area contributed by atoms with Crippen molar-refractivity contribution in [2.24, 2.45) is 0 Å². The van der Waals surface area contributed by atoms with Crippen molar-refractivity contribution in [2.45, 2.75) is 57.5 Å². The van der Waals surface area contributed by atoms with Crippen LogP contribution in [0.15, 0.2) is 18.5 Å². The molecule has 2 heterocycles. The molecule has 1 atom stereocenters. The van der Waals surface area contributed by atoms with E-state index in [2.05, 4.69) is 25.1 Å². The molecule has 2 fully saturated rings. The zero-order valence-corrected chi connectivity index (χ0v) is 14.7. The van der Waals surface area contributed by atoms with Crippen LogP contribution in [0.2, 0.25) is 0 Å². The standard InChI is InChI=1S/C18H29N5O/c1-15(17(24)21-16-7-4-2-3-5-8-16)22-11-13-23(14-12-22)18-19-9-6-10-20-18/h6,9-10,15-16H,2-5,7-8,11-14H2,1H3,(H,21,24). The molecule has 6 heteroatoms. The molecule has 1 unspecified atom stereocenters. The van der Waals surface area contributed by atoms with Crippen molar-refractivity contribution in [1.29, 1.82) is 0 Å². The lowest BCUT2D eigenvalue weighted by molar-refractivity contribution is -0.126. The molecule has 3 rings (SSSR count). The van der Waals surface area contributed by atoms with E-state index in [0.29, 0.717) is 6.04 Å². The van der Waals surface area contributed by atoms with Crippen LogP contribution in [0.3, 0.4) is 0 Å². The Balaban J connectivity index is 1.47. The first-order valence-corrected chi connectivity index (χ1v) is 9.30. The van der Waals surface area contributed by atoms with Gasteiger partial charge in [0.2, 0.25) is 11.9 Å². The first-order valence-electron chi connectivity index (χ1n) is 9.30. The number of anilines is 1. The minimum absolute atomic E-state index is 0.0629. The molecule has 1 aliphatic heterocycles. The monoisotopic (exact) mass is 331 g/mol. The maximum absolute atomic E-state index is 12.6. The Hall–Kier alpha value is -1.69. The van der Waals surface area contributed by atoms with Crippen LogP contribution in [0.1, 0.15) is 45.4 Å². The number of carbonyl (C=O) groups excluding carboxylic acids is 1. The van der Waals surface area contributed by atoms with Crippen molar-refractivity contribution in [3.63, 3.8) is 0 Å². The summed E-state index contributed by atoms with van der Waals surface area (Å²) < 4.78 is 0. The summed E-state index contributed by atoms with van der Waals surface area (Å²) in [5.74, 6) is 0.971. The normalized spacial score (nSPS) is 22.0. The maximum atomic E-state index is 12.6. The van der Waals surface area contributed by atoms with Gasteiger partial charge in [0.1, 0.15) is 0 Å². The number of amides is 1. The van der Waals surface area contributed by atoms with Gasteiger partial charge in [-0.05, 0) is 25.8 Å². The van der Waals surface area contributed by atoms with E-state index in [9.17, 15) is 4.79 Å². The summed E-state index contributed by atoms with van der Waals surface area (Å²) in [7, 11) is 0. The highest BCUT2D eigenvalue weighted by Gasteiger charge is 2.27. The molecule has 1 aliphatic carbocycles. The Bertz CT molecular complexity index is 507. The molecule has 132 valence electrons. The minimum atomic E-state index is -0.0629. The SMILES string of the molecule is CC(C(=O)NC1CCCCCC1)N1CCN(c2ncccn2)CC1. The number of hydrogen-bond donors (Lipinski definition) is 1. The van der Waals surface area contributed by atoms with Crippen LogP contribution < -0.4 is 10.2 Å². The fourth-order valence-corrected chi connectivity index (χ4v) is 3.68. The summed E-state index contributed by atoms with van der Waals surface area (Å²) >= 11 is 0. The zero-order valence-electron chi connectivity index (χ0n) is 14.7. The summed E-state index contributed by atoms with van der Waals surface area (Å²) in [5.41, 5.74) is 0. The fraction of sp³-hybridized carbons (Fsp3) is 0.722. The number of hydrogen-bond acceptors (Lipinski definition) is 5. The molecule has 0 bridgehead atoms. The van der Waals surface area contributed by atoms with Crippen LogP contribution in [0.25, 0.3) is 0 Å². The molecule has 1 aromatic rings. The Labute approximate surface area is 144 Å². The maximum Gasteiger partial charge on any atom is 0.237 e. The van der Waals surface area contributed by atoms with E-state index in [0.717, 1.165) is 45.0 Å². The van der Waals surface area contributed by atoms with E-state index in [1.54, 1.807) is 12.4 Å². The summed E-state index contributed by atoms with van der Waals surface area (Å²) in [6.45, 7) is 5.51. The number of rotatable bonds is 4. The topological polar surface area (TPSA) is 61.4 Å². The molecular weight excluding hydrogens is 302 g/mol. The number of aromatic nitrogens is 2. The van der Waals surface area contributed by atoms with E-state index in [1.165, 1.54) is 25.7 Å². The predicted octanol–water partition coefficient (Wildman–Crippen LogP) is 1.83. The van der Waals surface area contributed by atoms with Gasteiger partial charge in [-0.2, -0.15) is 0 Å². The highest BCUT2D eigenvalue weighted by Crippen LogP contribution is 2.18. The summed E-state index contributed by atoms with van der Waals surface area (Å²) in [6.07, 6.45) is 10.9. The lowest BCUT2D eigenvalue weighted by Gasteiger charge is -2.37. The van der Waals surface area contributed by atoms with Gasteiger partial charge >= 0.3 is 0 Å². The van der Waals surface area contributed by atoms with E-state index in [4.69, 9.17) is 0 Å². The van der Waals surface area contributed by atoms with Crippen LogP contribution >= 0.6 is 0 Å². The van der Waals surface area contributed by atoms with Crippen LogP contribution in [0.4, 0.5) is 5.95 Å². The Morgan fingerprint density at radius 3 is 2.33 bits per heavy atom. The van der Waals surface area contributed by atoms with Crippen molar-refractivity contribution in [2.75, 3.05) is 31.1 Å². The van der Waals surface area contributed by atoms with Gasteiger partial charge < -0.3 is 10.2 Å². The molecule has 24 heavy (non-hydrogen) atoms. The average molecular weight is 331 g/mol. The third kappa shape index (κ3) is 4.44. The first-order chi connectivity index (χ1) is 11.7. The summed E-state index contributed by atoms with van der Waals surface area (Å²) in [5, 5.41) is 3.28. The number of nitrogens with one attached hydrogen (secondary N) is 1. The van der Waals surface area contributed by atoms with Gasteiger partial charge in [0.05, 0.1) is 6.04 Å². The molecular formula is C18H29N5O. The number of nitrogens with zero attached hydrogens (tertiary/aromatic N) is 4. The zero-order chi connectivity index (χ0) is 16.8. The van der Waals surface area contributed by atoms with Crippen molar-refractivity contribution in [3.8, 4) is 0 Å². The largest absolute Gasteiger partial charge is 0.352 e. The third-order valence-electron chi connectivity index (χ3n) is 5.28. The van der Waals surface area contributed by atoms with Crippen molar-refractivity contribution in [3.05, 3.63) is 18.5 Å². The second-order valence-electron chi connectivity index (χ2n) is 6.94. The summed E-state index contributed by atoms with van der Waals surface area (Å²) in [6, 6.07) is 2.15. The lowest BCUT2D eigenvalue weighted by Crippen LogP contribution is -2.55. The number of carbonyl (C=O) groups is 1. The lowest BCUT2D eigenvalue weighted by atomic mass is 10.1. The molecule has 0 radical (unpaired) electrons. The van der Waals surface area contributed by atoms with E-state index in [1.807, 2.05) is 13.0 Å². The second-order valence-corrected chi connectivity index (χ2v) is 6.94. The van der Waals surface area contributed by atoms with E-state index in [-0.39, 0.29) is 11.9 Å². The molecule has 1 saturated heterocycles. The van der Waals surface area contributed by atoms with E-state index < -0.39 is 0 Å². The van der Waals surface area contributed by atoms with Gasteiger partial charge in [-0.15, -0.1) is 0 Å². The van der Waals surface area contributed by atoms with Gasteiger partial charge in [-0.25, -0.2) is 9.97 Å². The predicted molar refractivity (Wildman–Crippen MR) is 94.9 cm³/mol. The molecule has 1 saturated carbocycles. The smallest absolute Gasteiger partial charge is 0.237 e. The third-order valence-corrected chi connectivity index (χ3v) is 5.28. The molecule has 6 nitrogen and oxygen atoms in total. The molecule has 2 aliphatic rings. The molecule has 1 N–H and O–H groups in total. The molecule has 1 aromatic heterocycles. The van der Waals surface area contributed by atoms with Gasteiger partial charge in [-0.3, -0.25) is 9.69 Å². The van der Waals surface area contributed by atoms with Crippen LogP contribution in [0.5, 0.6) is 0 Å². The first kappa shape index (κ1) is 17.1. The Morgan fingerprint density at radius 1 is 1.08 bits per heavy atom. The highest BCUT2D eigenvalue weighted by atomic mass is 16.2. The molecule has 0 aromatic carbocycles. The van der Waals surface area contributed by atoms with Gasteiger partial charge in [0.25, 0.3) is 0 Å². The van der Waals surface area contributed by atoms with Crippen molar-refractivity contribution < 1.29 is 4.79 Å². The average Bonchev–Trinajstić information content (AvgIpc) is 2.90. The Morgan fingerprint density at radius 2 is 1.71 bits per heavy atom. The highest BCUT2D eigenvalue weighted by molar-refractivity contribution is 5.81. The van der Waals surface area contributed by atoms with E-state index >= 15 is 0 Å². The second kappa shape index (κ2) is 8.42. The van der Waals surface area contributed by atoms with Crippen LogP contribution in [0, 0.1) is 0 Å². The van der Waals surface area contributed by atoms with Gasteiger partial charge in [0, 0.05) is 44.6 Å². The molecule has 0 spiro atoms. The quantitative estimate of drug-likeness (QED) is 0.853. The van der Waals surface area contributed by atoms with Gasteiger partial charge in [-0.1, -0.05) is 25.7 Å². The minimum Gasteiger partial charge on any atom is -0.352 e. The number of piperazine rings is 1. The van der Waals surface area contributed by atoms with Crippen molar-refractivity contribution in [1.82, 2.24) is 20.2 Å². The van der Waals surface area contributed by atoms with Crippen LogP contribution in [-0.2, 0) is 4.79 Å². The van der Waals surface area contributed by atoms with Crippen molar-refractivity contribution >= 4 is 11.9 Å². The van der Waals surface area contributed by atoms with Crippen LogP contribution in [-0.4, -0.2) is 59.0 Å².